The molecule has 0 atom stereocenters. The summed E-state index contributed by atoms with van der Waals surface area (Å²) in [6, 6.07) is 14.4. The average Bonchev–Trinajstić information content (AvgIpc) is 3.27. The lowest BCUT2D eigenvalue weighted by Gasteiger charge is -2.09. The van der Waals surface area contributed by atoms with Crippen molar-refractivity contribution in [3.05, 3.63) is 76.4 Å². The third kappa shape index (κ3) is 4.71. The van der Waals surface area contributed by atoms with E-state index in [1.165, 1.54) is 16.7 Å². The Hall–Kier alpha value is -3.12. The summed E-state index contributed by atoms with van der Waals surface area (Å²) in [5, 5.41) is 4.93. The summed E-state index contributed by atoms with van der Waals surface area (Å²) in [7, 11) is 0. The van der Waals surface area contributed by atoms with Gasteiger partial charge in [0.25, 0.3) is 0 Å². The molecule has 0 unspecified atom stereocenters. The van der Waals surface area contributed by atoms with Crippen LogP contribution < -0.4 is 10.1 Å². The van der Waals surface area contributed by atoms with Crippen molar-refractivity contribution in [3.63, 3.8) is 0 Å². The highest BCUT2D eigenvalue weighted by atomic mass is 32.1. The van der Waals surface area contributed by atoms with E-state index in [2.05, 4.69) is 42.6 Å². The molecule has 2 aromatic heterocycles. The van der Waals surface area contributed by atoms with E-state index >= 15 is 0 Å². The van der Waals surface area contributed by atoms with Crippen LogP contribution in [-0.2, 0) is 11.2 Å². The molecule has 0 radical (unpaired) electrons. The third-order valence-electron chi connectivity index (χ3n) is 4.86. The summed E-state index contributed by atoms with van der Waals surface area (Å²) >= 11 is 1.55. The summed E-state index contributed by atoms with van der Waals surface area (Å²) in [5.74, 6) is 0.813. The van der Waals surface area contributed by atoms with Crippen molar-refractivity contribution in [1.29, 1.82) is 0 Å². The fourth-order valence-corrected chi connectivity index (χ4v) is 4.30. The van der Waals surface area contributed by atoms with Gasteiger partial charge in [-0.2, -0.15) is 0 Å². The molecule has 6 heteroatoms. The highest BCUT2D eigenvalue weighted by Gasteiger charge is 2.12. The first kappa shape index (κ1) is 20.2. The second-order valence-electron chi connectivity index (χ2n) is 7.57. The summed E-state index contributed by atoms with van der Waals surface area (Å²) in [6.07, 6.45) is 2.32. The molecule has 1 N–H and O–H groups in total. The van der Waals surface area contributed by atoms with Gasteiger partial charge >= 0.3 is 0 Å². The number of nitrogens with one attached hydrogen (secondary N) is 1. The van der Waals surface area contributed by atoms with Crippen molar-refractivity contribution in [1.82, 2.24) is 14.7 Å². The Balaban J connectivity index is 1.33. The molecule has 2 heterocycles. The van der Waals surface area contributed by atoms with Crippen LogP contribution in [0.2, 0.25) is 0 Å². The van der Waals surface area contributed by atoms with Crippen LogP contribution in [0.5, 0.6) is 5.75 Å². The predicted molar refractivity (Wildman–Crippen MR) is 121 cm³/mol. The van der Waals surface area contributed by atoms with E-state index < -0.39 is 0 Å². The second-order valence-corrected chi connectivity index (χ2v) is 8.41. The number of fused-ring (bicyclic) bond motifs is 1. The Morgan fingerprint density at radius 3 is 2.53 bits per heavy atom. The van der Waals surface area contributed by atoms with Crippen LogP contribution in [0.1, 0.15) is 22.4 Å². The van der Waals surface area contributed by atoms with Crippen molar-refractivity contribution in [2.45, 2.75) is 27.2 Å². The topological polar surface area (TPSA) is 55.6 Å². The molecule has 0 aliphatic rings. The minimum atomic E-state index is -0.0238. The number of carbonyl (C=O) groups is 1. The lowest BCUT2D eigenvalue weighted by atomic mass is 10.1. The number of thiazole rings is 1. The van der Waals surface area contributed by atoms with Crippen LogP contribution in [-0.4, -0.2) is 28.4 Å². The lowest BCUT2D eigenvalue weighted by molar-refractivity contribution is -0.120. The van der Waals surface area contributed by atoms with E-state index in [0.29, 0.717) is 19.6 Å². The lowest BCUT2D eigenvalue weighted by Crippen LogP contribution is -2.29. The van der Waals surface area contributed by atoms with Crippen molar-refractivity contribution in [2.75, 3.05) is 13.2 Å². The van der Waals surface area contributed by atoms with Crippen LogP contribution >= 0.6 is 11.3 Å². The minimum absolute atomic E-state index is 0.0238. The Morgan fingerprint density at radius 1 is 1.07 bits per heavy atom. The number of hydrogen-bond donors (Lipinski definition) is 1. The van der Waals surface area contributed by atoms with E-state index in [4.69, 9.17) is 9.72 Å². The average molecular weight is 420 g/mol. The number of aromatic nitrogens is 2. The summed E-state index contributed by atoms with van der Waals surface area (Å²) < 4.78 is 7.76. The molecule has 154 valence electrons. The maximum atomic E-state index is 12.4. The monoisotopic (exact) mass is 419 g/mol. The Bertz CT molecular complexity index is 1150. The molecule has 4 rings (SSSR count). The molecule has 30 heavy (non-hydrogen) atoms. The highest BCUT2D eigenvalue weighted by Crippen LogP contribution is 2.24. The number of rotatable bonds is 7. The van der Waals surface area contributed by atoms with Gasteiger partial charge in [0.05, 0.1) is 18.7 Å². The van der Waals surface area contributed by atoms with Gasteiger partial charge in [0, 0.05) is 22.8 Å². The quantitative estimate of drug-likeness (QED) is 0.441. The molecule has 2 aromatic carbocycles. The fraction of sp³-hybridized carbons (Fsp3) is 0.250. The Morgan fingerprint density at radius 2 is 1.80 bits per heavy atom. The molecule has 0 saturated carbocycles. The van der Waals surface area contributed by atoms with Crippen LogP contribution in [0.25, 0.3) is 16.2 Å². The molecule has 0 saturated heterocycles. The number of amides is 1. The Labute approximate surface area is 180 Å². The largest absolute Gasteiger partial charge is 0.492 e. The van der Waals surface area contributed by atoms with Crippen molar-refractivity contribution in [3.8, 4) is 17.0 Å². The fourth-order valence-electron chi connectivity index (χ4n) is 3.42. The first-order valence-corrected chi connectivity index (χ1v) is 10.9. The number of imidazole rings is 1. The van der Waals surface area contributed by atoms with Gasteiger partial charge in [-0.15, -0.1) is 11.3 Å². The van der Waals surface area contributed by atoms with Gasteiger partial charge in [0.2, 0.25) is 5.91 Å². The van der Waals surface area contributed by atoms with Crippen LogP contribution in [0.15, 0.2) is 54.0 Å². The molecule has 1 amide bonds. The molecule has 0 bridgehead atoms. The molecule has 5 nitrogen and oxygen atoms in total. The summed E-state index contributed by atoms with van der Waals surface area (Å²) in [5.41, 5.74) is 6.50. The predicted octanol–water partition coefficient (Wildman–Crippen LogP) is 4.73. The summed E-state index contributed by atoms with van der Waals surface area (Å²) in [6.45, 7) is 7.07. The van der Waals surface area contributed by atoms with Crippen molar-refractivity contribution >= 4 is 22.2 Å². The zero-order valence-electron chi connectivity index (χ0n) is 17.4. The van der Waals surface area contributed by atoms with E-state index in [1.807, 2.05) is 42.0 Å². The van der Waals surface area contributed by atoms with E-state index in [0.717, 1.165) is 27.7 Å². The number of nitrogens with zero attached hydrogens (tertiary/aromatic N) is 2. The smallest absolute Gasteiger partial charge is 0.226 e. The molecule has 0 aliphatic carbocycles. The number of carbonyl (C=O) groups excluding carboxylic acids is 1. The van der Waals surface area contributed by atoms with E-state index in [1.54, 1.807) is 11.3 Å². The van der Waals surface area contributed by atoms with E-state index in [9.17, 15) is 4.79 Å². The first-order valence-electron chi connectivity index (χ1n) is 9.98. The Kier molecular flexibility index (Phi) is 5.86. The zero-order chi connectivity index (χ0) is 21.1. The van der Waals surface area contributed by atoms with Crippen LogP contribution in [0.4, 0.5) is 0 Å². The molecule has 0 aliphatic heterocycles. The molecule has 4 aromatic rings. The maximum Gasteiger partial charge on any atom is 0.226 e. The van der Waals surface area contributed by atoms with Crippen molar-refractivity contribution < 1.29 is 9.53 Å². The third-order valence-corrected chi connectivity index (χ3v) is 5.75. The van der Waals surface area contributed by atoms with Gasteiger partial charge in [-0.25, -0.2) is 4.98 Å². The van der Waals surface area contributed by atoms with E-state index in [-0.39, 0.29) is 5.91 Å². The van der Waals surface area contributed by atoms with Crippen molar-refractivity contribution in [2.24, 2.45) is 0 Å². The molecular weight excluding hydrogens is 394 g/mol. The molecular formula is C24H25N3O2S. The normalized spacial score (nSPS) is 11.0. The minimum Gasteiger partial charge on any atom is -0.492 e. The maximum absolute atomic E-state index is 12.4. The molecule has 0 fully saturated rings. The SMILES string of the molecule is Cc1ccc(-c2cn3c(CC(=O)NCCOc4cc(C)cc(C)c4)csc3n2)cc1. The molecule has 0 spiro atoms. The number of aryl methyl sites for hydroxylation is 3. The highest BCUT2D eigenvalue weighted by molar-refractivity contribution is 7.15. The number of hydrogen-bond acceptors (Lipinski definition) is 4. The standard InChI is InChI=1S/C24H25N3O2S/c1-16-4-6-19(7-5-16)22-14-27-20(15-30-24(27)26-22)13-23(28)25-8-9-29-21-11-17(2)10-18(3)12-21/h4-7,10-12,14-15H,8-9,13H2,1-3H3,(H,25,28). The van der Waals surface area contributed by atoms with Gasteiger partial charge in [-0.05, 0) is 44.0 Å². The van der Waals surface area contributed by atoms with Crippen LogP contribution in [0.3, 0.4) is 0 Å². The number of ether oxygens (including phenoxy) is 1. The van der Waals surface area contributed by atoms with Gasteiger partial charge in [-0.3, -0.25) is 9.20 Å². The van der Waals surface area contributed by atoms with Gasteiger partial charge in [0.15, 0.2) is 4.96 Å². The van der Waals surface area contributed by atoms with Gasteiger partial charge in [0.1, 0.15) is 12.4 Å². The summed E-state index contributed by atoms with van der Waals surface area (Å²) in [4.78, 5) is 18.0. The van der Waals surface area contributed by atoms with Crippen LogP contribution in [0, 0.1) is 20.8 Å². The first-order chi connectivity index (χ1) is 14.5. The second kappa shape index (κ2) is 8.71. The number of benzene rings is 2. The van der Waals surface area contributed by atoms with Gasteiger partial charge in [-0.1, -0.05) is 35.9 Å². The van der Waals surface area contributed by atoms with Gasteiger partial charge < -0.3 is 10.1 Å². The zero-order valence-corrected chi connectivity index (χ0v) is 18.3.